The molecule has 1 aromatic carbocycles. The van der Waals surface area contributed by atoms with Gasteiger partial charge in [-0.05, 0) is 23.3 Å². The molecule has 0 fully saturated rings. The topological polar surface area (TPSA) is 39.2 Å². The smallest absolute Gasteiger partial charge is 0.213 e. The van der Waals surface area contributed by atoms with Crippen molar-refractivity contribution in [1.82, 2.24) is 4.98 Å². The fraction of sp³-hybridized carbons (Fsp3) is 0.0769. The summed E-state index contributed by atoms with van der Waals surface area (Å²) in [6.07, 6.45) is 2.06. The van der Waals surface area contributed by atoms with Crippen molar-refractivity contribution in [3.8, 4) is 17.0 Å². The highest BCUT2D eigenvalue weighted by molar-refractivity contribution is 5.87. The molecule has 0 atom stereocenters. The normalized spacial score (nSPS) is 10.0. The SMILES string of the molecule is COc1cc(-c2cccc(F)c2C=O)ccn1. The number of hydrogen-bond donors (Lipinski definition) is 0. The van der Waals surface area contributed by atoms with Gasteiger partial charge in [0.05, 0.1) is 12.7 Å². The van der Waals surface area contributed by atoms with Crippen molar-refractivity contribution in [2.45, 2.75) is 0 Å². The van der Waals surface area contributed by atoms with E-state index < -0.39 is 5.82 Å². The summed E-state index contributed by atoms with van der Waals surface area (Å²) in [5, 5.41) is 0. The first-order valence-corrected chi connectivity index (χ1v) is 5.00. The number of rotatable bonds is 3. The van der Waals surface area contributed by atoms with Crippen LogP contribution in [0.5, 0.6) is 5.88 Å². The molecule has 2 rings (SSSR count). The van der Waals surface area contributed by atoms with E-state index in [9.17, 15) is 9.18 Å². The largest absolute Gasteiger partial charge is 0.481 e. The highest BCUT2D eigenvalue weighted by Gasteiger charge is 2.09. The summed E-state index contributed by atoms with van der Waals surface area (Å²) in [6.45, 7) is 0. The number of nitrogens with zero attached hydrogens (tertiary/aromatic N) is 1. The van der Waals surface area contributed by atoms with Crippen molar-refractivity contribution in [3.05, 3.63) is 47.9 Å². The van der Waals surface area contributed by atoms with Crippen LogP contribution in [0.25, 0.3) is 11.1 Å². The number of aldehydes is 1. The van der Waals surface area contributed by atoms with Crippen molar-refractivity contribution in [2.24, 2.45) is 0 Å². The van der Waals surface area contributed by atoms with Crippen LogP contribution in [0.1, 0.15) is 10.4 Å². The van der Waals surface area contributed by atoms with Crippen LogP contribution in [0.2, 0.25) is 0 Å². The van der Waals surface area contributed by atoms with Crippen molar-refractivity contribution in [1.29, 1.82) is 0 Å². The molecule has 0 spiro atoms. The number of carbonyl (C=O) groups excluding carboxylic acids is 1. The van der Waals surface area contributed by atoms with E-state index in [1.54, 1.807) is 30.5 Å². The molecule has 4 heteroatoms. The molecule has 0 saturated carbocycles. The second-order valence-corrected chi connectivity index (χ2v) is 3.41. The first kappa shape index (κ1) is 11.3. The quantitative estimate of drug-likeness (QED) is 0.762. The zero-order valence-corrected chi connectivity index (χ0v) is 9.18. The molecule has 0 N–H and O–H groups in total. The molecule has 0 radical (unpaired) electrons. The lowest BCUT2D eigenvalue weighted by molar-refractivity contribution is 0.112. The third-order valence-corrected chi connectivity index (χ3v) is 2.43. The third-order valence-electron chi connectivity index (χ3n) is 2.43. The molecular formula is C13H10FNO2. The van der Waals surface area contributed by atoms with Crippen LogP contribution in [0.3, 0.4) is 0 Å². The molecule has 0 saturated heterocycles. The fourth-order valence-electron chi connectivity index (χ4n) is 1.60. The van der Waals surface area contributed by atoms with Crippen LogP contribution in [0, 0.1) is 5.82 Å². The molecule has 0 bridgehead atoms. The summed E-state index contributed by atoms with van der Waals surface area (Å²) in [7, 11) is 1.50. The first-order chi connectivity index (χ1) is 8.26. The number of pyridine rings is 1. The molecule has 3 nitrogen and oxygen atoms in total. The Morgan fingerprint density at radius 3 is 2.88 bits per heavy atom. The minimum atomic E-state index is -0.534. The van der Waals surface area contributed by atoms with Crippen LogP contribution in [0.4, 0.5) is 4.39 Å². The van der Waals surface area contributed by atoms with Gasteiger partial charge in [0.15, 0.2) is 6.29 Å². The predicted molar refractivity (Wildman–Crippen MR) is 61.6 cm³/mol. The van der Waals surface area contributed by atoms with Gasteiger partial charge < -0.3 is 4.74 Å². The second kappa shape index (κ2) is 4.74. The Hall–Kier alpha value is -2.23. The standard InChI is InChI=1S/C13H10FNO2/c1-17-13-7-9(5-6-15-13)10-3-2-4-12(14)11(10)8-16/h2-8H,1H3. The fourth-order valence-corrected chi connectivity index (χ4v) is 1.60. The van der Waals surface area contributed by atoms with Crippen LogP contribution in [0.15, 0.2) is 36.5 Å². The molecule has 2 aromatic rings. The summed E-state index contributed by atoms with van der Waals surface area (Å²) in [4.78, 5) is 14.8. The molecular weight excluding hydrogens is 221 g/mol. The van der Waals surface area contributed by atoms with Crippen LogP contribution in [-0.4, -0.2) is 18.4 Å². The Labute approximate surface area is 97.9 Å². The monoisotopic (exact) mass is 231 g/mol. The average molecular weight is 231 g/mol. The molecule has 1 heterocycles. The van der Waals surface area contributed by atoms with Gasteiger partial charge in [0.1, 0.15) is 5.82 Å². The number of ether oxygens (including phenoxy) is 1. The molecule has 1 aromatic heterocycles. The van der Waals surface area contributed by atoms with E-state index in [-0.39, 0.29) is 5.56 Å². The number of benzene rings is 1. The molecule has 0 unspecified atom stereocenters. The Kier molecular flexibility index (Phi) is 3.14. The van der Waals surface area contributed by atoms with Gasteiger partial charge in [-0.1, -0.05) is 12.1 Å². The second-order valence-electron chi connectivity index (χ2n) is 3.41. The zero-order valence-electron chi connectivity index (χ0n) is 9.18. The maximum atomic E-state index is 13.4. The number of hydrogen-bond acceptors (Lipinski definition) is 3. The summed E-state index contributed by atoms with van der Waals surface area (Å²) < 4.78 is 18.4. The average Bonchev–Trinajstić information content (AvgIpc) is 2.38. The van der Waals surface area contributed by atoms with Gasteiger partial charge >= 0.3 is 0 Å². The van der Waals surface area contributed by atoms with E-state index in [0.717, 1.165) is 0 Å². The van der Waals surface area contributed by atoms with Gasteiger partial charge in [0.2, 0.25) is 5.88 Å². The Morgan fingerprint density at radius 1 is 1.35 bits per heavy atom. The van der Waals surface area contributed by atoms with Gasteiger partial charge in [-0.15, -0.1) is 0 Å². The molecule has 0 amide bonds. The van der Waals surface area contributed by atoms with Gasteiger partial charge in [-0.25, -0.2) is 9.37 Å². The van der Waals surface area contributed by atoms with Crippen LogP contribution >= 0.6 is 0 Å². The van der Waals surface area contributed by atoms with Gasteiger partial charge in [0, 0.05) is 12.3 Å². The summed E-state index contributed by atoms with van der Waals surface area (Å²) in [5.74, 6) is -0.114. The van der Waals surface area contributed by atoms with E-state index >= 15 is 0 Å². The van der Waals surface area contributed by atoms with E-state index in [1.165, 1.54) is 13.2 Å². The predicted octanol–water partition coefficient (Wildman–Crippen LogP) is 2.71. The van der Waals surface area contributed by atoms with E-state index in [2.05, 4.69) is 4.98 Å². The van der Waals surface area contributed by atoms with E-state index in [4.69, 9.17) is 4.74 Å². The molecule has 0 aliphatic heterocycles. The number of carbonyl (C=O) groups is 1. The molecule has 0 aliphatic carbocycles. The molecule has 86 valence electrons. The summed E-state index contributed by atoms with van der Waals surface area (Å²) in [5.41, 5.74) is 1.26. The minimum absolute atomic E-state index is 0.0424. The van der Waals surface area contributed by atoms with Crippen molar-refractivity contribution in [3.63, 3.8) is 0 Å². The maximum absolute atomic E-state index is 13.4. The zero-order chi connectivity index (χ0) is 12.3. The van der Waals surface area contributed by atoms with Crippen molar-refractivity contribution in [2.75, 3.05) is 7.11 Å². The lowest BCUT2D eigenvalue weighted by Gasteiger charge is -2.06. The Bertz CT molecular complexity index is 555. The van der Waals surface area contributed by atoms with Crippen molar-refractivity contribution >= 4 is 6.29 Å². The van der Waals surface area contributed by atoms with Gasteiger partial charge in [-0.3, -0.25) is 4.79 Å². The summed E-state index contributed by atoms with van der Waals surface area (Å²) >= 11 is 0. The van der Waals surface area contributed by atoms with Gasteiger partial charge in [0.25, 0.3) is 0 Å². The lowest BCUT2D eigenvalue weighted by atomic mass is 10.0. The Balaban J connectivity index is 2.59. The highest BCUT2D eigenvalue weighted by atomic mass is 19.1. The third kappa shape index (κ3) is 2.15. The molecule has 17 heavy (non-hydrogen) atoms. The van der Waals surface area contributed by atoms with Crippen LogP contribution in [-0.2, 0) is 0 Å². The minimum Gasteiger partial charge on any atom is -0.481 e. The van der Waals surface area contributed by atoms with E-state index in [1.807, 2.05) is 0 Å². The molecule has 0 aliphatic rings. The number of aromatic nitrogens is 1. The number of methoxy groups -OCH3 is 1. The Morgan fingerprint density at radius 2 is 2.18 bits per heavy atom. The maximum Gasteiger partial charge on any atom is 0.213 e. The lowest BCUT2D eigenvalue weighted by Crippen LogP contribution is -1.93. The van der Waals surface area contributed by atoms with Crippen LogP contribution < -0.4 is 4.74 Å². The van der Waals surface area contributed by atoms with Gasteiger partial charge in [-0.2, -0.15) is 0 Å². The number of halogens is 1. The summed E-state index contributed by atoms with van der Waals surface area (Å²) in [6, 6.07) is 7.85. The highest BCUT2D eigenvalue weighted by Crippen LogP contribution is 2.26. The first-order valence-electron chi connectivity index (χ1n) is 5.00. The van der Waals surface area contributed by atoms with E-state index in [0.29, 0.717) is 23.3 Å². The van der Waals surface area contributed by atoms with Crippen molar-refractivity contribution < 1.29 is 13.9 Å².